The van der Waals surface area contributed by atoms with Gasteiger partial charge in [0.05, 0.1) is 16.7 Å². The second-order valence-electron chi connectivity index (χ2n) is 4.59. The summed E-state index contributed by atoms with van der Waals surface area (Å²) in [7, 11) is 0. The number of phenolic OH excluding ortho intramolecular Hbond substituents is 1. The van der Waals surface area contributed by atoms with Gasteiger partial charge in [-0.3, -0.25) is 15.4 Å². The summed E-state index contributed by atoms with van der Waals surface area (Å²) in [6.45, 7) is 9.09. The Balaban J connectivity index is 0.00000172. The highest BCUT2D eigenvalue weighted by molar-refractivity contribution is 5.87. The first-order valence-corrected chi connectivity index (χ1v) is 6.16. The lowest BCUT2D eigenvalue weighted by Crippen LogP contribution is -2.27. The van der Waals surface area contributed by atoms with Crippen molar-refractivity contribution in [2.45, 2.75) is 40.2 Å². The first kappa shape index (κ1) is 17.7. The summed E-state index contributed by atoms with van der Waals surface area (Å²) >= 11 is 0. The van der Waals surface area contributed by atoms with E-state index in [0.717, 1.165) is 6.07 Å². The van der Waals surface area contributed by atoms with Crippen LogP contribution in [0.4, 0.5) is 16.2 Å². The summed E-state index contributed by atoms with van der Waals surface area (Å²) in [5.41, 5.74) is -0.877. The van der Waals surface area contributed by atoms with Gasteiger partial charge in [-0.2, -0.15) is 0 Å². The van der Waals surface area contributed by atoms with Gasteiger partial charge in [0.25, 0.3) is 5.69 Å². The maximum Gasteiger partial charge on any atom is 0.412 e. The van der Waals surface area contributed by atoms with Crippen LogP contribution in [0, 0.1) is 10.1 Å². The molecule has 0 fully saturated rings. The van der Waals surface area contributed by atoms with Gasteiger partial charge in [0.2, 0.25) is 0 Å². The molecule has 0 aliphatic rings. The fraction of sp³-hybridized carbons (Fsp3) is 0.462. The molecule has 1 rings (SSSR count). The third-order valence-electron chi connectivity index (χ3n) is 1.83. The predicted molar refractivity (Wildman–Crippen MR) is 76.0 cm³/mol. The van der Waals surface area contributed by atoms with Gasteiger partial charge in [-0.1, -0.05) is 13.8 Å². The molecule has 7 heteroatoms. The van der Waals surface area contributed by atoms with Gasteiger partial charge in [0, 0.05) is 6.07 Å². The molecule has 2 N–H and O–H groups in total. The number of carbonyl (C=O) groups excluding carboxylic acids is 1. The third-order valence-corrected chi connectivity index (χ3v) is 1.83. The number of carbonyl (C=O) groups is 1. The molecule has 112 valence electrons. The first-order valence-electron chi connectivity index (χ1n) is 6.16. The molecule has 0 spiro atoms. The van der Waals surface area contributed by atoms with Crippen LogP contribution in [0.5, 0.6) is 5.75 Å². The fourth-order valence-corrected chi connectivity index (χ4v) is 1.15. The van der Waals surface area contributed by atoms with Gasteiger partial charge < -0.3 is 9.84 Å². The number of rotatable bonds is 2. The zero-order valence-electron chi connectivity index (χ0n) is 12.3. The molecule has 0 bridgehead atoms. The Hall–Kier alpha value is -2.31. The Kier molecular flexibility index (Phi) is 6.48. The number of nitro groups is 1. The van der Waals surface area contributed by atoms with Crippen LogP contribution in [-0.2, 0) is 4.74 Å². The van der Waals surface area contributed by atoms with Crippen molar-refractivity contribution in [2.24, 2.45) is 0 Å². The molecular formula is C13H20N2O5. The van der Waals surface area contributed by atoms with E-state index in [1.54, 1.807) is 20.8 Å². The Morgan fingerprint density at radius 1 is 1.35 bits per heavy atom. The molecule has 20 heavy (non-hydrogen) atoms. The van der Waals surface area contributed by atoms with Crippen LogP contribution in [0.15, 0.2) is 18.2 Å². The topological polar surface area (TPSA) is 102 Å². The highest BCUT2D eigenvalue weighted by Gasteiger charge is 2.18. The lowest BCUT2D eigenvalue weighted by atomic mass is 10.2. The Labute approximate surface area is 117 Å². The number of ether oxygens (including phenoxy) is 1. The number of phenols is 1. The number of hydrogen-bond donors (Lipinski definition) is 2. The SMILES string of the molecule is CC.CC(C)(C)OC(=O)Nc1ccc([N+](=O)[O-])cc1O. The standard InChI is InChI=1S/C11H14N2O5.C2H6/c1-11(2,3)18-10(15)12-8-5-4-7(13(16)17)6-9(8)14;1-2/h4-6,14H,1-3H3,(H,12,15);1-2H3. The van der Waals surface area contributed by atoms with Crippen molar-refractivity contribution in [1.82, 2.24) is 0 Å². The predicted octanol–water partition coefficient (Wildman–Crippen LogP) is 3.67. The number of nitro benzene ring substituents is 1. The molecule has 1 amide bonds. The lowest BCUT2D eigenvalue weighted by molar-refractivity contribution is -0.384. The van der Waals surface area contributed by atoms with Crippen LogP contribution in [0.3, 0.4) is 0 Å². The van der Waals surface area contributed by atoms with E-state index in [1.165, 1.54) is 12.1 Å². The molecule has 0 saturated carbocycles. The van der Waals surface area contributed by atoms with Crippen LogP contribution >= 0.6 is 0 Å². The molecule has 1 aromatic rings. The Morgan fingerprint density at radius 2 is 1.90 bits per heavy atom. The van der Waals surface area contributed by atoms with Gasteiger partial charge in [-0.05, 0) is 26.8 Å². The average Bonchev–Trinajstić information content (AvgIpc) is 2.31. The number of anilines is 1. The molecule has 0 aliphatic carbocycles. The van der Waals surface area contributed by atoms with Gasteiger partial charge in [0.15, 0.2) is 0 Å². The minimum absolute atomic E-state index is 0.0508. The number of aromatic hydroxyl groups is 1. The monoisotopic (exact) mass is 284 g/mol. The molecule has 0 heterocycles. The van der Waals surface area contributed by atoms with Gasteiger partial charge in [0.1, 0.15) is 11.4 Å². The number of benzene rings is 1. The fourth-order valence-electron chi connectivity index (χ4n) is 1.15. The Bertz CT molecular complexity index is 480. The van der Waals surface area contributed by atoms with E-state index in [4.69, 9.17) is 4.74 Å². The van der Waals surface area contributed by atoms with Crippen molar-refractivity contribution >= 4 is 17.5 Å². The summed E-state index contributed by atoms with van der Waals surface area (Å²) < 4.78 is 4.98. The van der Waals surface area contributed by atoms with Gasteiger partial charge in [-0.25, -0.2) is 4.79 Å². The minimum Gasteiger partial charge on any atom is -0.506 e. The van der Waals surface area contributed by atoms with Crippen LogP contribution < -0.4 is 5.32 Å². The number of non-ortho nitro benzene ring substituents is 1. The summed E-state index contributed by atoms with van der Waals surface area (Å²) in [6, 6.07) is 3.36. The molecule has 0 saturated heterocycles. The van der Waals surface area contributed by atoms with E-state index in [2.05, 4.69) is 5.32 Å². The smallest absolute Gasteiger partial charge is 0.412 e. The third kappa shape index (κ3) is 6.03. The maximum atomic E-state index is 11.4. The lowest BCUT2D eigenvalue weighted by Gasteiger charge is -2.19. The first-order chi connectivity index (χ1) is 9.19. The number of amides is 1. The van der Waals surface area contributed by atoms with Crippen molar-refractivity contribution in [3.05, 3.63) is 28.3 Å². The number of hydrogen-bond acceptors (Lipinski definition) is 5. The largest absolute Gasteiger partial charge is 0.506 e. The van der Waals surface area contributed by atoms with E-state index in [0.29, 0.717) is 0 Å². The molecule has 0 aliphatic heterocycles. The van der Waals surface area contributed by atoms with E-state index < -0.39 is 22.4 Å². The molecule has 0 unspecified atom stereocenters. The van der Waals surface area contributed by atoms with E-state index in [1.807, 2.05) is 13.8 Å². The normalized spacial score (nSPS) is 10.1. The second kappa shape index (κ2) is 7.32. The zero-order chi connectivity index (χ0) is 15.9. The average molecular weight is 284 g/mol. The molecule has 0 atom stereocenters. The van der Waals surface area contributed by atoms with Crippen molar-refractivity contribution in [3.8, 4) is 5.75 Å². The second-order valence-corrected chi connectivity index (χ2v) is 4.59. The zero-order valence-corrected chi connectivity index (χ0v) is 12.3. The number of nitrogens with zero attached hydrogens (tertiary/aromatic N) is 1. The van der Waals surface area contributed by atoms with Crippen molar-refractivity contribution < 1.29 is 19.6 Å². The molecule has 0 aromatic heterocycles. The molecule has 7 nitrogen and oxygen atoms in total. The van der Waals surface area contributed by atoms with Crippen LogP contribution in [-0.4, -0.2) is 21.7 Å². The Morgan fingerprint density at radius 3 is 2.30 bits per heavy atom. The highest BCUT2D eigenvalue weighted by Crippen LogP contribution is 2.28. The summed E-state index contributed by atoms with van der Waals surface area (Å²) in [6.07, 6.45) is -0.744. The molecular weight excluding hydrogens is 264 g/mol. The van der Waals surface area contributed by atoms with Gasteiger partial charge in [-0.15, -0.1) is 0 Å². The van der Waals surface area contributed by atoms with Crippen molar-refractivity contribution in [3.63, 3.8) is 0 Å². The van der Waals surface area contributed by atoms with Crippen molar-refractivity contribution in [2.75, 3.05) is 5.32 Å². The van der Waals surface area contributed by atoms with Crippen LogP contribution in [0.2, 0.25) is 0 Å². The van der Waals surface area contributed by atoms with Crippen molar-refractivity contribution in [1.29, 1.82) is 0 Å². The van der Waals surface area contributed by atoms with Crippen LogP contribution in [0.25, 0.3) is 0 Å². The van der Waals surface area contributed by atoms with E-state index in [9.17, 15) is 20.0 Å². The van der Waals surface area contributed by atoms with E-state index >= 15 is 0 Å². The summed E-state index contributed by atoms with van der Waals surface area (Å²) in [5, 5.41) is 22.3. The quantitative estimate of drug-likeness (QED) is 0.490. The van der Waals surface area contributed by atoms with E-state index in [-0.39, 0.29) is 11.4 Å². The summed E-state index contributed by atoms with van der Waals surface area (Å²) in [5.74, 6) is -0.393. The maximum absolute atomic E-state index is 11.4. The molecule has 1 aromatic carbocycles. The minimum atomic E-state index is -0.744. The highest BCUT2D eigenvalue weighted by atomic mass is 16.6. The summed E-state index contributed by atoms with van der Waals surface area (Å²) in [4.78, 5) is 21.2. The number of nitrogens with one attached hydrogen (secondary N) is 1. The van der Waals surface area contributed by atoms with Gasteiger partial charge >= 0.3 is 6.09 Å². The van der Waals surface area contributed by atoms with Crippen LogP contribution in [0.1, 0.15) is 34.6 Å². The molecule has 0 radical (unpaired) electrons.